The molecule has 0 aliphatic carbocycles. The molecule has 0 saturated carbocycles. The Balaban J connectivity index is 2.28. The van der Waals surface area contributed by atoms with Gasteiger partial charge in [-0.1, -0.05) is 6.08 Å². The molecule has 0 aromatic heterocycles. The highest BCUT2D eigenvalue weighted by Gasteiger charge is 2.26. The van der Waals surface area contributed by atoms with Crippen LogP contribution in [0, 0.1) is 0 Å². The van der Waals surface area contributed by atoms with Gasteiger partial charge in [0.2, 0.25) is 0 Å². The van der Waals surface area contributed by atoms with Crippen LogP contribution in [-0.4, -0.2) is 25.2 Å². The van der Waals surface area contributed by atoms with Crippen LogP contribution < -0.4 is 10.6 Å². The predicted octanol–water partition coefficient (Wildman–Crippen LogP) is 0.514. The summed E-state index contributed by atoms with van der Waals surface area (Å²) in [4.78, 5) is 0. The lowest BCUT2D eigenvalue weighted by atomic mass is 10.0. The maximum Gasteiger partial charge on any atom is 0.0292 e. The van der Waals surface area contributed by atoms with E-state index in [-0.39, 0.29) is 0 Å². The van der Waals surface area contributed by atoms with Gasteiger partial charge in [-0.25, -0.2) is 0 Å². The van der Waals surface area contributed by atoms with Crippen LogP contribution in [-0.2, 0) is 0 Å². The minimum atomic E-state index is 0.314. The summed E-state index contributed by atoms with van der Waals surface area (Å²) in [5.41, 5.74) is 0.314. The van der Waals surface area contributed by atoms with E-state index in [9.17, 15) is 0 Å². The Bertz CT molecular complexity index is 114. The highest BCUT2D eigenvalue weighted by molar-refractivity contribution is 4.93. The van der Waals surface area contributed by atoms with Gasteiger partial charge >= 0.3 is 0 Å². The molecule has 0 spiro atoms. The zero-order valence-electron chi connectivity index (χ0n) is 6.61. The Morgan fingerprint density at radius 1 is 1.80 bits per heavy atom. The molecule has 2 nitrogen and oxygen atoms in total. The molecule has 2 heteroatoms. The van der Waals surface area contributed by atoms with E-state index in [1.165, 1.54) is 6.42 Å². The van der Waals surface area contributed by atoms with Crippen LogP contribution in [0.3, 0.4) is 0 Å². The summed E-state index contributed by atoms with van der Waals surface area (Å²) in [6.45, 7) is 9.05. The molecule has 1 fully saturated rings. The lowest BCUT2D eigenvalue weighted by Gasteiger charge is -2.23. The lowest BCUT2D eigenvalue weighted by molar-refractivity contribution is 0.407. The quantitative estimate of drug-likeness (QED) is 0.558. The second-order valence-electron chi connectivity index (χ2n) is 3.16. The van der Waals surface area contributed by atoms with Crippen molar-refractivity contribution in [1.29, 1.82) is 0 Å². The highest BCUT2D eigenvalue weighted by atomic mass is 15.1. The fourth-order valence-corrected chi connectivity index (χ4v) is 1.29. The molecule has 1 saturated heterocycles. The van der Waals surface area contributed by atoms with Gasteiger partial charge in [0, 0.05) is 18.6 Å². The largest absolute Gasteiger partial charge is 0.315 e. The van der Waals surface area contributed by atoms with Crippen molar-refractivity contribution in [3.63, 3.8) is 0 Å². The van der Waals surface area contributed by atoms with Crippen LogP contribution in [0.5, 0.6) is 0 Å². The molecule has 1 unspecified atom stereocenters. The van der Waals surface area contributed by atoms with E-state index in [0.717, 1.165) is 19.6 Å². The van der Waals surface area contributed by atoms with E-state index in [1.54, 1.807) is 0 Å². The molecule has 1 atom stereocenters. The molecule has 0 aromatic rings. The molecule has 10 heavy (non-hydrogen) atoms. The molecule has 0 aromatic carbocycles. The molecule has 0 amide bonds. The van der Waals surface area contributed by atoms with Gasteiger partial charge in [-0.3, -0.25) is 0 Å². The van der Waals surface area contributed by atoms with Gasteiger partial charge in [0.1, 0.15) is 0 Å². The Morgan fingerprint density at radius 3 is 3.10 bits per heavy atom. The molecule has 0 bridgehead atoms. The van der Waals surface area contributed by atoms with Gasteiger partial charge in [0.05, 0.1) is 0 Å². The summed E-state index contributed by atoms with van der Waals surface area (Å²) in [7, 11) is 0. The maximum absolute atomic E-state index is 3.67. The van der Waals surface area contributed by atoms with E-state index < -0.39 is 0 Å². The second kappa shape index (κ2) is 3.17. The van der Waals surface area contributed by atoms with Crippen molar-refractivity contribution in [2.24, 2.45) is 0 Å². The first kappa shape index (κ1) is 7.76. The second-order valence-corrected chi connectivity index (χ2v) is 3.16. The van der Waals surface area contributed by atoms with E-state index in [0.29, 0.717) is 5.54 Å². The first-order chi connectivity index (χ1) is 4.77. The van der Waals surface area contributed by atoms with Crippen LogP contribution in [0.2, 0.25) is 0 Å². The van der Waals surface area contributed by atoms with E-state index in [2.05, 4.69) is 24.1 Å². The predicted molar refractivity (Wildman–Crippen MR) is 44.1 cm³/mol. The van der Waals surface area contributed by atoms with Crippen molar-refractivity contribution in [2.45, 2.75) is 18.9 Å². The first-order valence-electron chi connectivity index (χ1n) is 3.83. The van der Waals surface area contributed by atoms with Crippen molar-refractivity contribution in [1.82, 2.24) is 10.6 Å². The molecule has 2 N–H and O–H groups in total. The van der Waals surface area contributed by atoms with Crippen LogP contribution in [0.4, 0.5) is 0 Å². The third-order valence-corrected chi connectivity index (χ3v) is 2.04. The number of hydrogen-bond acceptors (Lipinski definition) is 2. The molecule has 1 aliphatic heterocycles. The Morgan fingerprint density at radius 2 is 2.60 bits per heavy atom. The van der Waals surface area contributed by atoms with Crippen LogP contribution in [0.25, 0.3) is 0 Å². The van der Waals surface area contributed by atoms with Crippen LogP contribution >= 0.6 is 0 Å². The van der Waals surface area contributed by atoms with Crippen LogP contribution in [0.1, 0.15) is 13.3 Å². The average Bonchev–Trinajstić information content (AvgIpc) is 2.33. The van der Waals surface area contributed by atoms with Crippen molar-refractivity contribution in [3.05, 3.63) is 12.7 Å². The zero-order valence-corrected chi connectivity index (χ0v) is 6.61. The Kier molecular flexibility index (Phi) is 2.46. The molecule has 0 radical (unpaired) electrons. The monoisotopic (exact) mass is 140 g/mol. The fraction of sp³-hybridized carbons (Fsp3) is 0.750. The number of nitrogens with one attached hydrogen (secondary N) is 2. The number of hydrogen-bond donors (Lipinski definition) is 2. The van der Waals surface area contributed by atoms with Crippen molar-refractivity contribution >= 4 is 0 Å². The van der Waals surface area contributed by atoms with Gasteiger partial charge in [-0.2, -0.15) is 0 Å². The SMILES string of the molecule is C=CCNC1(C)CCNC1. The smallest absolute Gasteiger partial charge is 0.0292 e. The molecular formula is C8H16N2. The van der Waals surface area contributed by atoms with Crippen LogP contribution in [0.15, 0.2) is 12.7 Å². The topological polar surface area (TPSA) is 24.1 Å². The zero-order chi connectivity index (χ0) is 7.45. The molecule has 58 valence electrons. The third-order valence-electron chi connectivity index (χ3n) is 2.04. The average molecular weight is 140 g/mol. The molecular weight excluding hydrogens is 124 g/mol. The van der Waals surface area contributed by atoms with Gasteiger partial charge < -0.3 is 10.6 Å². The van der Waals surface area contributed by atoms with Gasteiger partial charge in [-0.05, 0) is 19.9 Å². The summed E-state index contributed by atoms with van der Waals surface area (Å²) in [5.74, 6) is 0. The molecule has 1 aliphatic rings. The van der Waals surface area contributed by atoms with Crippen molar-refractivity contribution in [2.75, 3.05) is 19.6 Å². The lowest BCUT2D eigenvalue weighted by Crippen LogP contribution is -2.44. The van der Waals surface area contributed by atoms with E-state index in [4.69, 9.17) is 0 Å². The number of rotatable bonds is 3. The minimum absolute atomic E-state index is 0.314. The maximum atomic E-state index is 3.67. The van der Waals surface area contributed by atoms with E-state index >= 15 is 0 Å². The van der Waals surface area contributed by atoms with Gasteiger partial charge in [0.25, 0.3) is 0 Å². The minimum Gasteiger partial charge on any atom is -0.315 e. The third kappa shape index (κ3) is 1.82. The summed E-state index contributed by atoms with van der Waals surface area (Å²) in [5, 5.41) is 6.75. The fourth-order valence-electron chi connectivity index (χ4n) is 1.29. The summed E-state index contributed by atoms with van der Waals surface area (Å²) in [6.07, 6.45) is 3.13. The van der Waals surface area contributed by atoms with Gasteiger partial charge in [-0.15, -0.1) is 6.58 Å². The molecule has 1 heterocycles. The highest BCUT2D eigenvalue weighted by Crippen LogP contribution is 2.12. The summed E-state index contributed by atoms with van der Waals surface area (Å²) in [6, 6.07) is 0. The normalized spacial score (nSPS) is 32.5. The van der Waals surface area contributed by atoms with Gasteiger partial charge in [0.15, 0.2) is 0 Å². The van der Waals surface area contributed by atoms with Crippen molar-refractivity contribution < 1.29 is 0 Å². The molecule has 1 rings (SSSR count). The van der Waals surface area contributed by atoms with Crippen molar-refractivity contribution in [3.8, 4) is 0 Å². The standard InChI is InChI=1S/C8H16N2/c1-3-5-10-8(2)4-6-9-7-8/h3,9-10H,1,4-7H2,2H3. The first-order valence-corrected chi connectivity index (χ1v) is 3.83. The Labute approximate surface area is 62.7 Å². The Hall–Kier alpha value is -0.340. The van der Waals surface area contributed by atoms with E-state index in [1.807, 2.05) is 6.08 Å². The summed E-state index contributed by atoms with van der Waals surface area (Å²) < 4.78 is 0. The summed E-state index contributed by atoms with van der Waals surface area (Å²) >= 11 is 0.